The van der Waals surface area contributed by atoms with Gasteiger partial charge in [-0.25, -0.2) is 0 Å². The first-order valence-corrected chi connectivity index (χ1v) is 8.33. The maximum Gasteiger partial charge on any atom is 0.254 e. The minimum absolute atomic E-state index is 0.143. The molecule has 4 heteroatoms. The molecule has 0 radical (unpaired) electrons. The molecule has 1 aliphatic heterocycles. The van der Waals surface area contributed by atoms with Crippen LogP contribution in [0.4, 0.5) is 0 Å². The minimum Gasteiger partial charge on any atom is -0.334 e. The molecule has 2 fully saturated rings. The Morgan fingerprint density at radius 1 is 1.33 bits per heavy atom. The molecule has 114 valence electrons. The smallest absolute Gasteiger partial charge is 0.254 e. The van der Waals surface area contributed by atoms with Crippen molar-refractivity contribution in [3.8, 4) is 0 Å². The van der Waals surface area contributed by atoms with Gasteiger partial charge in [-0.15, -0.1) is 0 Å². The Morgan fingerprint density at radius 2 is 2.14 bits per heavy atom. The van der Waals surface area contributed by atoms with Gasteiger partial charge < -0.3 is 10.2 Å². The second-order valence-corrected chi connectivity index (χ2v) is 6.73. The van der Waals surface area contributed by atoms with Gasteiger partial charge in [0, 0.05) is 29.2 Å². The number of carbonyl (C=O) groups is 1. The number of nitrogens with one attached hydrogen (secondary N) is 1. The van der Waals surface area contributed by atoms with Crippen LogP contribution in [0.2, 0.25) is 5.02 Å². The highest BCUT2D eigenvalue weighted by Crippen LogP contribution is 2.30. The average molecular weight is 307 g/mol. The summed E-state index contributed by atoms with van der Waals surface area (Å²) < 4.78 is 0. The van der Waals surface area contributed by atoms with Crippen LogP contribution in [-0.2, 0) is 0 Å². The predicted octanol–water partition coefficient (Wildman–Crippen LogP) is 3.40. The summed E-state index contributed by atoms with van der Waals surface area (Å²) in [5.41, 5.74) is 1.76. The van der Waals surface area contributed by atoms with Crippen molar-refractivity contribution >= 4 is 17.5 Å². The predicted molar refractivity (Wildman–Crippen MR) is 85.9 cm³/mol. The topological polar surface area (TPSA) is 32.3 Å². The SMILES string of the molecule is Cc1ccc(Cl)cc1C(=O)N(CC1CCCCN1)C1CC1. The molecule has 1 saturated heterocycles. The van der Waals surface area contributed by atoms with Gasteiger partial charge in [0.05, 0.1) is 0 Å². The van der Waals surface area contributed by atoms with Crippen molar-refractivity contribution in [3.05, 3.63) is 34.3 Å². The normalized spacial score (nSPS) is 22.1. The number of hydrogen-bond acceptors (Lipinski definition) is 2. The van der Waals surface area contributed by atoms with Crippen LogP contribution in [0.5, 0.6) is 0 Å². The summed E-state index contributed by atoms with van der Waals surface area (Å²) in [6, 6.07) is 6.46. The van der Waals surface area contributed by atoms with Crippen LogP contribution >= 0.6 is 11.6 Å². The maximum absolute atomic E-state index is 12.9. The highest BCUT2D eigenvalue weighted by Gasteiger charge is 2.35. The number of rotatable bonds is 4. The lowest BCUT2D eigenvalue weighted by molar-refractivity contribution is 0.0717. The first-order valence-electron chi connectivity index (χ1n) is 7.95. The van der Waals surface area contributed by atoms with E-state index in [1.54, 1.807) is 0 Å². The fourth-order valence-electron chi connectivity index (χ4n) is 3.08. The molecule has 1 amide bonds. The number of piperidine rings is 1. The van der Waals surface area contributed by atoms with Crippen LogP contribution in [0.25, 0.3) is 0 Å². The van der Waals surface area contributed by atoms with E-state index in [9.17, 15) is 4.79 Å². The van der Waals surface area contributed by atoms with Crippen molar-refractivity contribution in [3.63, 3.8) is 0 Å². The molecule has 0 spiro atoms. The van der Waals surface area contributed by atoms with Crippen LogP contribution in [-0.4, -0.2) is 36.0 Å². The third kappa shape index (κ3) is 3.58. The number of hydrogen-bond donors (Lipinski definition) is 1. The Hall–Kier alpha value is -1.06. The first-order chi connectivity index (χ1) is 10.1. The number of halogens is 1. The molecule has 0 bridgehead atoms. The second kappa shape index (κ2) is 6.37. The van der Waals surface area contributed by atoms with Gasteiger partial charge in [-0.3, -0.25) is 4.79 Å². The Balaban J connectivity index is 1.76. The first kappa shape index (κ1) is 14.9. The second-order valence-electron chi connectivity index (χ2n) is 6.29. The minimum atomic E-state index is 0.143. The quantitative estimate of drug-likeness (QED) is 0.924. The summed E-state index contributed by atoms with van der Waals surface area (Å²) in [5.74, 6) is 0.143. The summed E-state index contributed by atoms with van der Waals surface area (Å²) in [5, 5.41) is 4.18. The number of aryl methyl sites for hydroxylation is 1. The van der Waals surface area contributed by atoms with E-state index < -0.39 is 0 Å². The van der Waals surface area contributed by atoms with Crippen molar-refractivity contribution < 1.29 is 4.79 Å². The Bertz CT molecular complexity index is 522. The Labute approximate surface area is 131 Å². The van der Waals surface area contributed by atoms with Gasteiger partial charge in [-0.1, -0.05) is 24.1 Å². The Morgan fingerprint density at radius 3 is 2.81 bits per heavy atom. The molecule has 1 aliphatic carbocycles. The van der Waals surface area contributed by atoms with Gasteiger partial charge in [0.1, 0.15) is 0 Å². The lowest BCUT2D eigenvalue weighted by Crippen LogP contribution is -2.46. The molecule has 1 aromatic carbocycles. The summed E-state index contributed by atoms with van der Waals surface area (Å²) in [4.78, 5) is 15.0. The van der Waals surface area contributed by atoms with Crippen LogP contribution < -0.4 is 5.32 Å². The average Bonchev–Trinajstić information content (AvgIpc) is 3.32. The van der Waals surface area contributed by atoms with Crippen LogP contribution in [0.15, 0.2) is 18.2 Å². The van der Waals surface area contributed by atoms with Gasteiger partial charge >= 0.3 is 0 Å². The molecular weight excluding hydrogens is 284 g/mol. The van der Waals surface area contributed by atoms with E-state index in [0.717, 1.165) is 37.1 Å². The third-order valence-electron chi connectivity index (χ3n) is 4.51. The zero-order valence-electron chi connectivity index (χ0n) is 12.6. The number of nitrogens with zero attached hydrogens (tertiary/aromatic N) is 1. The summed E-state index contributed by atoms with van der Waals surface area (Å²) >= 11 is 6.07. The van der Waals surface area contributed by atoms with E-state index in [1.165, 1.54) is 19.3 Å². The zero-order valence-corrected chi connectivity index (χ0v) is 13.3. The third-order valence-corrected chi connectivity index (χ3v) is 4.74. The van der Waals surface area contributed by atoms with E-state index >= 15 is 0 Å². The molecule has 0 aromatic heterocycles. The number of amides is 1. The monoisotopic (exact) mass is 306 g/mol. The van der Waals surface area contributed by atoms with E-state index in [4.69, 9.17) is 11.6 Å². The zero-order chi connectivity index (χ0) is 14.8. The molecule has 3 rings (SSSR count). The fourth-order valence-corrected chi connectivity index (χ4v) is 3.25. The van der Waals surface area contributed by atoms with Crippen molar-refractivity contribution in [1.82, 2.24) is 10.2 Å². The number of benzene rings is 1. The molecule has 1 N–H and O–H groups in total. The summed E-state index contributed by atoms with van der Waals surface area (Å²) in [7, 11) is 0. The molecule has 1 unspecified atom stereocenters. The van der Waals surface area contributed by atoms with Crippen LogP contribution in [0.3, 0.4) is 0 Å². The van der Waals surface area contributed by atoms with Gasteiger partial charge in [-0.2, -0.15) is 0 Å². The van der Waals surface area contributed by atoms with E-state index in [2.05, 4.69) is 10.2 Å². The fraction of sp³-hybridized carbons (Fsp3) is 0.588. The molecule has 1 heterocycles. The van der Waals surface area contributed by atoms with E-state index in [1.807, 2.05) is 25.1 Å². The van der Waals surface area contributed by atoms with Crippen LogP contribution in [0, 0.1) is 6.92 Å². The lowest BCUT2D eigenvalue weighted by atomic mass is 10.0. The standard InChI is InChI=1S/C17H23ClN2O/c1-12-5-6-13(18)10-16(12)17(21)20(15-7-8-15)11-14-4-2-3-9-19-14/h5-6,10,14-15,19H,2-4,7-9,11H2,1H3. The molecule has 1 saturated carbocycles. The van der Waals surface area contributed by atoms with Crippen molar-refractivity contribution in [2.24, 2.45) is 0 Å². The maximum atomic E-state index is 12.9. The lowest BCUT2D eigenvalue weighted by Gasteiger charge is -2.31. The van der Waals surface area contributed by atoms with Gasteiger partial charge in [0.15, 0.2) is 0 Å². The molecule has 3 nitrogen and oxygen atoms in total. The van der Waals surface area contributed by atoms with Crippen LogP contribution in [0.1, 0.15) is 48.0 Å². The van der Waals surface area contributed by atoms with Gasteiger partial charge in [-0.05, 0) is 56.8 Å². The molecular formula is C17H23ClN2O. The number of carbonyl (C=O) groups excluding carboxylic acids is 1. The highest BCUT2D eigenvalue weighted by atomic mass is 35.5. The molecule has 1 atom stereocenters. The molecule has 21 heavy (non-hydrogen) atoms. The summed E-state index contributed by atoms with van der Waals surface area (Å²) in [6.07, 6.45) is 5.96. The van der Waals surface area contributed by atoms with E-state index in [0.29, 0.717) is 17.1 Å². The largest absolute Gasteiger partial charge is 0.334 e. The molecule has 2 aliphatic rings. The van der Waals surface area contributed by atoms with Crippen molar-refractivity contribution in [2.75, 3.05) is 13.1 Å². The summed E-state index contributed by atoms with van der Waals surface area (Å²) in [6.45, 7) is 3.89. The van der Waals surface area contributed by atoms with E-state index in [-0.39, 0.29) is 5.91 Å². The van der Waals surface area contributed by atoms with Crippen molar-refractivity contribution in [1.29, 1.82) is 0 Å². The van der Waals surface area contributed by atoms with Gasteiger partial charge in [0.2, 0.25) is 0 Å². The van der Waals surface area contributed by atoms with Crippen molar-refractivity contribution in [2.45, 2.75) is 51.1 Å². The molecule has 1 aromatic rings. The highest BCUT2D eigenvalue weighted by molar-refractivity contribution is 6.31. The van der Waals surface area contributed by atoms with Gasteiger partial charge in [0.25, 0.3) is 5.91 Å². The Kier molecular flexibility index (Phi) is 4.51.